The van der Waals surface area contributed by atoms with E-state index in [0.29, 0.717) is 9.21 Å². The van der Waals surface area contributed by atoms with Crippen molar-refractivity contribution in [2.75, 3.05) is 0 Å². The van der Waals surface area contributed by atoms with Crippen molar-refractivity contribution in [1.82, 2.24) is 0 Å². The first kappa shape index (κ1) is 12.8. The van der Waals surface area contributed by atoms with Crippen LogP contribution in [0.25, 0.3) is 6.08 Å². The molecule has 0 saturated heterocycles. The topological polar surface area (TPSA) is 17.1 Å². The van der Waals surface area contributed by atoms with Gasteiger partial charge in [0, 0.05) is 3.57 Å². The van der Waals surface area contributed by atoms with Gasteiger partial charge < -0.3 is 0 Å². The van der Waals surface area contributed by atoms with Gasteiger partial charge >= 0.3 is 0 Å². The van der Waals surface area contributed by atoms with Crippen LogP contribution in [0.3, 0.4) is 0 Å². The summed E-state index contributed by atoms with van der Waals surface area (Å²) in [5.41, 5.74) is 1.05. The maximum Gasteiger partial charge on any atom is 0.195 e. The van der Waals surface area contributed by atoms with Crippen molar-refractivity contribution in [2.45, 2.75) is 0 Å². The normalized spacial score (nSPS) is 10.9. The summed E-state index contributed by atoms with van der Waals surface area (Å²) in [5.74, 6) is -0.0125. The maximum atomic E-state index is 11.8. The predicted octanol–water partition coefficient (Wildman–Crippen LogP) is 4.90. The second-order valence-electron chi connectivity index (χ2n) is 3.32. The minimum absolute atomic E-state index is 0.0125. The lowest BCUT2D eigenvalue weighted by Crippen LogP contribution is -1.89. The molecule has 0 amide bonds. The molecule has 0 saturated carbocycles. The van der Waals surface area contributed by atoms with Gasteiger partial charge in [0.1, 0.15) is 0 Å². The third kappa shape index (κ3) is 3.40. The first-order valence-electron chi connectivity index (χ1n) is 4.89. The zero-order valence-electron chi connectivity index (χ0n) is 8.69. The Balaban J connectivity index is 2.17. The van der Waals surface area contributed by atoms with E-state index in [1.165, 1.54) is 11.3 Å². The van der Waals surface area contributed by atoms with Crippen molar-refractivity contribution < 1.29 is 4.79 Å². The van der Waals surface area contributed by atoms with Crippen molar-refractivity contribution in [1.29, 1.82) is 0 Å². The molecule has 1 aromatic heterocycles. The van der Waals surface area contributed by atoms with Crippen LogP contribution >= 0.6 is 45.5 Å². The number of allylic oxidation sites excluding steroid dienone is 1. The Kier molecular flexibility index (Phi) is 4.36. The molecule has 0 aliphatic rings. The zero-order chi connectivity index (χ0) is 12.3. The molecule has 0 fully saturated rings. The quantitative estimate of drug-likeness (QED) is 0.424. The van der Waals surface area contributed by atoms with Crippen LogP contribution in [0.4, 0.5) is 0 Å². The van der Waals surface area contributed by atoms with Crippen molar-refractivity contribution in [3.63, 3.8) is 0 Å². The van der Waals surface area contributed by atoms with E-state index >= 15 is 0 Å². The van der Waals surface area contributed by atoms with Crippen LogP contribution in [0.1, 0.15) is 15.2 Å². The van der Waals surface area contributed by atoms with Gasteiger partial charge in [-0.15, -0.1) is 11.3 Å². The molecule has 1 aromatic carbocycles. The lowest BCUT2D eigenvalue weighted by atomic mass is 10.2. The molecular weight excluding hydrogens is 367 g/mol. The van der Waals surface area contributed by atoms with Gasteiger partial charge in [-0.2, -0.15) is 0 Å². The maximum absolute atomic E-state index is 11.8. The fraction of sp³-hybridized carbons (Fsp3) is 0. The van der Waals surface area contributed by atoms with Crippen LogP contribution < -0.4 is 0 Å². The van der Waals surface area contributed by atoms with Crippen LogP contribution in [0.15, 0.2) is 42.5 Å². The summed E-state index contributed by atoms with van der Waals surface area (Å²) in [5, 5.41) is 0. The van der Waals surface area contributed by atoms with Crippen molar-refractivity contribution in [2.24, 2.45) is 0 Å². The molecule has 0 unspecified atom stereocenters. The fourth-order valence-corrected chi connectivity index (χ4v) is 2.84. The number of thiophene rings is 1. The van der Waals surface area contributed by atoms with Crippen molar-refractivity contribution >= 4 is 57.4 Å². The van der Waals surface area contributed by atoms with Gasteiger partial charge in [0.25, 0.3) is 0 Å². The molecule has 0 radical (unpaired) electrons. The SMILES string of the molecule is O=C(/C=C/c1ccccc1I)c1ccc(Cl)s1. The number of rotatable bonds is 3. The molecule has 0 bridgehead atoms. The smallest absolute Gasteiger partial charge is 0.195 e. The van der Waals surface area contributed by atoms with Crippen LogP contribution in [0.2, 0.25) is 4.34 Å². The standard InChI is InChI=1S/C13H8ClIOS/c14-13-8-7-12(17-13)11(16)6-5-9-3-1-2-4-10(9)15/h1-8H/b6-5+. The first-order valence-corrected chi connectivity index (χ1v) is 7.16. The van der Waals surface area contributed by atoms with Gasteiger partial charge in [-0.1, -0.05) is 29.8 Å². The van der Waals surface area contributed by atoms with Gasteiger partial charge in [-0.3, -0.25) is 4.79 Å². The third-order valence-electron chi connectivity index (χ3n) is 2.14. The Morgan fingerprint density at radius 2 is 2.00 bits per heavy atom. The van der Waals surface area contributed by atoms with Gasteiger partial charge in [0.15, 0.2) is 5.78 Å². The second kappa shape index (κ2) is 5.80. The van der Waals surface area contributed by atoms with E-state index in [1.807, 2.05) is 30.3 Å². The molecule has 4 heteroatoms. The number of halogens is 2. The largest absolute Gasteiger partial charge is 0.288 e. The molecule has 2 rings (SSSR count). The fourth-order valence-electron chi connectivity index (χ4n) is 1.30. The molecule has 0 atom stereocenters. The lowest BCUT2D eigenvalue weighted by molar-refractivity contribution is 0.105. The highest BCUT2D eigenvalue weighted by molar-refractivity contribution is 14.1. The van der Waals surface area contributed by atoms with E-state index in [0.717, 1.165) is 9.13 Å². The number of ketones is 1. The molecular formula is C13H8ClIOS. The Bertz CT molecular complexity index is 574. The molecule has 1 nitrogen and oxygen atoms in total. The Hall–Kier alpha value is -0.650. The molecule has 0 N–H and O–H groups in total. The van der Waals surface area contributed by atoms with E-state index in [9.17, 15) is 4.79 Å². The van der Waals surface area contributed by atoms with Crippen LogP contribution in [0.5, 0.6) is 0 Å². The van der Waals surface area contributed by atoms with Crippen LogP contribution in [-0.2, 0) is 0 Å². The summed E-state index contributed by atoms with van der Waals surface area (Å²) < 4.78 is 1.76. The van der Waals surface area contributed by atoms with E-state index < -0.39 is 0 Å². The van der Waals surface area contributed by atoms with Crippen LogP contribution in [-0.4, -0.2) is 5.78 Å². The number of benzene rings is 1. The summed E-state index contributed by atoms with van der Waals surface area (Å²) in [6.45, 7) is 0. The van der Waals surface area contributed by atoms with E-state index in [-0.39, 0.29) is 5.78 Å². The number of hydrogen-bond acceptors (Lipinski definition) is 2. The van der Waals surface area contributed by atoms with E-state index in [2.05, 4.69) is 22.6 Å². The summed E-state index contributed by atoms with van der Waals surface area (Å²) in [7, 11) is 0. The second-order valence-corrected chi connectivity index (χ2v) is 6.20. The minimum atomic E-state index is -0.0125. The monoisotopic (exact) mass is 374 g/mol. The summed E-state index contributed by atoms with van der Waals surface area (Å²) in [6.07, 6.45) is 3.41. The molecule has 0 aliphatic carbocycles. The van der Waals surface area contributed by atoms with Gasteiger partial charge in [-0.05, 0) is 58.5 Å². The van der Waals surface area contributed by atoms with Crippen LogP contribution in [0, 0.1) is 3.57 Å². The Labute approximate surface area is 122 Å². The van der Waals surface area contributed by atoms with E-state index in [1.54, 1.807) is 18.2 Å². The summed E-state index contributed by atoms with van der Waals surface area (Å²) in [6, 6.07) is 11.4. The van der Waals surface area contributed by atoms with Gasteiger partial charge in [0.05, 0.1) is 9.21 Å². The number of carbonyl (C=O) groups is 1. The van der Waals surface area contributed by atoms with Gasteiger partial charge in [-0.25, -0.2) is 0 Å². The average Bonchev–Trinajstić information content (AvgIpc) is 2.74. The zero-order valence-corrected chi connectivity index (χ0v) is 12.4. The number of hydrogen-bond donors (Lipinski definition) is 0. The lowest BCUT2D eigenvalue weighted by Gasteiger charge is -1.96. The summed E-state index contributed by atoms with van der Waals surface area (Å²) in [4.78, 5) is 12.5. The highest BCUT2D eigenvalue weighted by atomic mass is 127. The Morgan fingerprint density at radius 1 is 1.24 bits per heavy atom. The average molecular weight is 375 g/mol. The minimum Gasteiger partial charge on any atom is -0.288 e. The van der Waals surface area contributed by atoms with Gasteiger partial charge in [0.2, 0.25) is 0 Å². The summed E-state index contributed by atoms with van der Waals surface area (Å²) >= 11 is 9.33. The number of carbonyl (C=O) groups excluding carboxylic acids is 1. The first-order chi connectivity index (χ1) is 8.16. The molecule has 86 valence electrons. The Morgan fingerprint density at radius 3 is 2.65 bits per heavy atom. The highest BCUT2D eigenvalue weighted by Crippen LogP contribution is 2.22. The molecule has 2 aromatic rings. The molecule has 0 spiro atoms. The molecule has 17 heavy (non-hydrogen) atoms. The molecule has 0 aliphatic heterocycles. The third-order valence-corrected chi connectivity index (χ3v) is 4.36. The molecule has 1 heterocycles. The van der Waals surface area contributed by atoms with E-state index in [4.69, 9.17) is 11.6 Å². The van der Waals surface area contributed by atoms with Crippen molar-refractivity contribution in [3.05, 3.63) is 60.8 Å². The highest BCUT2D eigenvalue weighted by Gasteiger charge is 2.05. The van der Waals surface area contributed by atoms with Crippen molar-refractivity contribution in [3.8, 4) is 0 Å². The predicted molar refractivity (Wildman–Crippen MR) is 81.9 cm³/mol.